The van der Waals surface area contributed by atoms with Crippen LogP contribution in [0.2, 0.25) is 10.0 Å². The van der Waals surface area contributed by atoms with E-state index in [1.54, 1.807) is 74.5 Å². The van der Waals surface area contributed by atoms with Gasteiger partial charge in [0.1, 0.15) is 11.4 Å². The molecule has 0 aliphatic carbocycles. The average molecular weight is 981 g/mol. The number of sulfonamides is 2. The van der Waals surface area contributed by atoms with E-state index in [2.05, 4.69) is 30.7 Å². The third kappa shape index (κ3) is 14.0. The Morgan fingerprint density at radius 3 is 1.22 bits per heavy atom. The van der Waals surface area contributed by atoms with Gasteiger partial charge in [0.05, 0.1) is 54.0 Å². The van der Waals surface area contributed by atoms with Crippen molar-refractivity contribution in [3.63, 3.8) is 0 Å². The smallest absolute Gasteiger partial charge is 0.871 e. The maximum Gasteiger partial charge on any atom is 3.00 e. The van der Waals surface area contributed by atoms with E-state index < -0.39 is 53.1 Å². The van der Waals surface area contributed by atoms with Crippen LogP contribution in [0.3, 0.4) is 0 Å². The molecule has 0 aliphatic rings. The Labute approximate surface area is 385 Å². The normalized spacial score (nSPS) is 11.5. The first-order valence-electron chi connectivity index (χ1n) is 18.2. The van der Waals surface area contributed by atoms with E-state index in [4.69, 9.17) is 44.9 Å². The van der Waals surface area contributed by atoms with Crippen LogP contribution in [0.5, 0.6) is 23.3 Å². The maximum atomic E-state index is 12.5. The molecule has 333 valence electrons. The van der Waals surface area contributed by atoms with Gasteiger partial charge in [-0.1, -0.05) is 83.9 Å². The average Bonchev–Trinajstić information content (AvgIpc) is 3.68. The molecule has 6 aromatic rings. The molecule has 8 N–H and O–H groups in total. The molecule has 0 bridgehead atoms. The van der Waals surface area contributed by atoms with Crippen molar-refractivity contribution in [1.82, 2.24) is 19.6 Å². The zero-order chi connectivity index (χ0) is 45.8. The monoisotopic (exact) mass is 979 g/mol. The molecule has 0 saturated carbocycles. The minimum atomic E-state index is -4.15. The van der Waals surface area contributed by atoms with E-state index >= 15 is 0 Å². The summed E-state index contributed by atoms with van der Waals surface area (Å²) in [4.78, 5) is -1.02. The molecular formula is C38H41Cl2CrN12O8S2. The number of unbranched alkanes of at least 4 members (excludes halogenated alkanes) is 3. The zero-order valence-electron chi connectivity index (χ0n) is 34.5. The van der Waals surface area contributed by atoms with Crippen molar-refractivity contribution in [2.45, 2.75) is 49.3 Å². The summed E-state index contributed by atoms with van der Waals surface area (Å²) in [5.74, 6) is -2.54. The number of azo groups is 2. The van der Waals surface area contributed by atoms with Crippen LogP contribution in [-0.2, 0) is 37.4 Å². The predicted molar refractivity (Wildman–Crippen MR) is 226 cm³/mol. The van der Waals surface area contributed by atoms with Gasteiger partial charge in [-0.05, 0) is 88.3 Å². The van der Waals surface area contributed by atoms with Gasteiger partial charge < -0.3 is 31.9 Å². The number of halogens is 2. The Bertz CT molecular complexity index is 2600. The van der Waals surface area contributed by atoms with Gasteiger partial charge in [-0.25, -0.2) is 36.5 Å². The van der Waals surface area contributed by atoms with E-state index in [1.807, 2.05) is 0 Å². The number of aromatic nitrogens is 4. The Morgan fingerprint density at radius 1 is 0.587 bits per heavy atom. The molecular weight excluding hydrogens is 940 g/mol. The van der Waals surface area contributed by atoms with Crippen molar-refractivity contribution in [2.75, 3.05) is 13.1 Å². The summed E-state index contributed by atoms with van der Waals surface area (Å²) < 4.78 is 47.8. The van der Waals surface area contributed by atoms with Gasteiger partial charge in [0.25, 0.3) is 0 Å². The van der Waals surface area contributed by atoms with Gasteiger partial charge in [0.15, 0.2) is 0 Å². The Morgan fingerprint density at radius 2 is 0.921 bits per heavy atom. The fourth-order valence-corrected chi connectivity index (χ4v) is 7.37. The van der Waals surface area contributed by atoms with Crippen molar-refractivity contribution in [2.24, 2.45) is 42.2 Å². The number of nitrogens with zero attached hydrogens (tertiary/aromatic N) is 8. The van der Waals surface area contributed by atoms with Crippen LogP contribution in [-0.4, -0.2) is 49.5 Å². The molecule has 2 heterocycles. The number of rotatable bonds is 13. The van der Waals surface area contributed by atoms with Crippen LogP contribution < -0.4 is 42.2 Å². The molecule has 4 aromatic carbocycles. The molecule has 25 heteroatoms. The topological polar surface area (TPSA) is 350 Å². The van der Waals surface area contributed by atoms with Crippen LogP contribution in [0.1, 0.15) is 38.5 Å². The molecule has 0 fully saturated rings. The van der Waals surface area contributed by atoms with Crippen molar-refractivity contribution in [3.8, 4) is 34.6 Å². The SMILES string of the molecule is Cc1nn(-c2ccccc2)c([O-])c1N=Nc1cc(Cl)c(S(N)(=O)=O)cc1[O-].Cc1nn(-c2ccccc2)c([O-])c1N=Nc1cc(Cl)c(S(N)(=O)=O)cc1[O-].NCCCCCCN.[Cr+3].[H+]. The maximum absolute atomic E-state index is 12.5. The van der Waals surface area contributed by atoms with Crippen molar-refractivity contribution in [1.29, 1.82) is 0 Å². The first kappa shape index (κ1) is 51.9. The van der Waals surface area contributed by atoms with Gasteiger partial charge in [-0.3, -0.25) is 0 Å². The summed E-state index contributed by atoms with van der Waals surface area (Å²) in [7, 11) is -8.30. The van der Waals surface area contributed by atoms with E-state index in [0.29, 0.717) is 22.8 Å². The molecule has 0 saturated heterocycles. The van der Waals surface area contributed by atoms with Gasteiger partial charge in [-0.2, -0.15) is 20.4 Å². The van der Waals surface area contributed by atoms with Crippen LogP contribution >= 0.6 is 23.2 Å². The van der Waals surface area contributed by atoms with Crippen LogP contribution in [0.4, 0.5) is 22.7 Å². The first-order chi connectivity index (χ1) is 29.3. The van der Waals surface area contributed by atoms with Crippen LogP contribution in [0.25, 0.3) is 11.4 Å². The Kier molecular flexibility index (Phi) is 19.2. The van der Waals surface area contributed by atoms with Gasteiger partial charge in [0.2, 0.25) is 20.0 Å². The van der Waals surface area contributed by atoms with Gasteiger partial charge in [-0.15, -0.1) is 10.2 Å². The van der Waals surface area contributed by atoms with Gasteiger partial charge in [0, 0.05) is 11.8 Å². The minimum absolute atomic E-state index is 0. The summed E-state index contributed by atoms with van der Waals surface area (Å²) in [6, 6.07) is 21.0. The number of primary sulfonamides is 2. The summed E-state index contributed by atoms with van der Waals surface area (Å²) in [6.07, 6.45) is 4.79. The van der Waals surface area contributed by atoms with E-state index in [9.17, 15) is 37.3 Å². The molecule has 0 atom stereocenters. The number of nitrogens with two attached hydrogens (primary N) is 4. The fourth-order valence-electron chi connectivity index (χ4n) is 5.21. The molecule has 6 rings (SSSR count). The molecule has 20 nitrogen and oxygen atoms in total. The van der Waals surface area contributed by atoms with Crippen LogP contribution in [0.15, 0.2) is 115 Å². The van der Waals surface area contributed by atoms with Crippen LogP contribution in [0, 0.1) is 13.8 Å². The molecule has 1 radical (unpaired) electrons. The van der Waals surface area contributed by atoms with E-state index in [-0.39, 0.29) is 51.6 Å². The third-order valence-electron chi connectivity index (χ3n) is 8.29. The Hall–Kier alpha value is -5.45. The standard InChI is InChI=1S/2C16H14ClN5O4S.C6H16N2.Cr/c2*1-9-15(16(24)22(21-9)10-5-3-2-4-6-10)20-19-12-7-11(17)14(8-13(12)23)27(18,25)26;7-5-3-1-2-4-6-8;/h2*2-8,23-24H,1H3,(H2,18,25,26);1-8H2;/q;;;+3/p-3. The largest absolute Gasteiger partial charge is 3.00 e. The van der Waals surface area contributed by atoms with Gasteiger partial charge >= 0.3 is 18.8 Å². The number of para-hydroxylation sites is 2. The summed E-state index contributed by atoms with van der Waals surface area (Å²) >= 11 is 11.7. The zero-order valence-corrected chi connectivity index (χ0v) is 37.9. The first-order valence-corrected chi connectivity index (χ1v) is 22.1. The second-order valence-electron chi connectivity index (χ2n) is 13.0. The molecule has 2 aromatic heterocycles. The predicted octanol–water partition coefficient (Wildman–Crippen LogP) is 4.66. The second-order valence-corrected chi connectivity index (χ2v) is 16.8. The molecule has 0 unspecified atom stereocenters. The van der Waals surface area contributed by atoms with Crippen molar-refractivity contribution >= 4 is 66.0 Å². The number of hydrogen-bond acceptors (Lipinski definition) is 16. The fraction of sp³-hybridized carbons (Fsp3) is 0.211. The second kappa shape index (κ2) is 23.3. The van der Waals surface area contributed by atoms with E-state index in [1.165, 1.54) is 22.2 Å². The molecule has 63 heavy (non-hydrogen) atoms. The quantitative estimate of drug-likeness (QED) is 0.0907. The molecule has 0 amide bonds. The minimum Gasteiger partial charge on any atom is -0.871 e. The number of benzene rings is 4. The van der Waals surface area contributed by atoms with E-state index in [0.717, 1.165) is 50.2 Å². The number of hydrogen-bond donors (Lipinski definition) is 4. The Balaban J connectivity index is 0.000000367. The third-order valence-corrected chi connectivity index (χ3v) is 11.0. The summed E-state index contributed by atoms with van der Waals surface area (Å²) in [6.45, 7) is 4.80. The molecule has 0 aliphatic heterocycles. The van der Waals surface area contributed by atoms with Crippen molar-refractivity contribution < 1.29 is 56.0 Å². The summed E-state index contributed by atoms with van der Waals surface area (Å²) in [5, 5.41) is 81.8. The molecule has 0 spiro atoms. The summed E-state index contributed by atoms with van der Waals surface area (Å²) in [5.41, 5.74) is 11.7. The number of aryl methyl sites for hydroxylation is 2. The van der Waals surface area contributed by atoms with Crippen molar-refractivity contribution in [3.05, 3.63) is 106 Å².